The van der Waals surface area contributed by atoms with Crippen molar-refractivity contribution in [1.82, 2.24) is 15.1 Å². The van der Waals surface area contributed by atoms with Crippen molar-refractivity contribution in [2.24, 2.45) is 10.9 Å². The van der Waals surface area contributed by atoms with Crippen LogP contribution >= 0.6 is 0 Å². The Labute approximate surface area is 141 Å². The van der Waals surface area contributed by atoms with E-state index in [2.05, 4.69) is 41.0 Å². The number of nitrogens with zero attached hydrogens (tertiary/aromatic N) is 3. The largest absolute Gasteiger partial charge is 0.466 e. The van der Waals surface area contributed by atoms with Crippen molar-refractivity contribution >= 4 is 11.9 Å². The number of rotatable bonds is 7. The maximum atomic E-state index is 12.0. The van der Waals surface area contributed by atoms with Gasteiger partial charge in [-0.25, -0.2) is 0 Å². The monoisotopic (exact) mass is 326 g/mol. The van der Waals surface area contributed by atoms with Crippen molar-refractivity contribution in [3.8, 4) is 0 Å². The Kier molecular flexibility index (Phi) is 8.99. The summed E-state index contributed by atoms with van der Waals surface area (Å²) in [6.07, 6.45) is 3.05. The summed E-state index contributed by atoms with van der Waals surface area (Å²) in [5, 5.41) is 3.42. The molecule has 0 radical (unpaired) electrons. The minimum atomic E-state index is -0.0795. The Bertz CT molecular complexity index is 387. The van der Waals surface area contributed by atoms with Gasteiger partial charge in [-0.05, 0) is 40.2 Å². The number of likely N-dealkylation sites (N-methyl/N-ethyl adjacent to an activating group) is 1. The smallest absolute Gasteiger partial charge is 0.310 e. The average Bonchev–Trinajstić information content (AvgIpc) is 2.58. The summed E-state index contributed by atoms with van der Waals surface area (Å²) in [6.45, 7) is 10.2. The molecule has 2 atom stereocenters. The van der Waals surface area contributed by atoms with Gasteiger partial charge in [0, 0.05) is 39.3 Å². The number of guanidine groups is 1. The molecule has 6 nitrogen and oxygen atoms in total. The molecule has 0 amide bonds. The van der Waals surface area contributed by atoms with Crippen LogP contribution in [0.2, 0.25) is 0 Å². The highest BCUT2D eigenvalue weighted by Gasteiger charge is 2.28. The molecule has 6 heteroatoms. The molecule has 1 aliphatic heterocycles. The van der Waals surface area contributed by atoms with E-state index < -0.39 is 0 Å². The summed E-state index contributed by atoms with van der Waals surface area (Å²) in [5.74, 6) is 0.769. The van der Waals surface area contributed by atoms with Gasteiger partial charge in [0.25, 0.3) is 0 Å². The van der Waals surface area contributed by atoms with Crippen LogP contribution in [0.15, 0.2) is 4.99 Å². The quantitative estimate of drug-likeness (QED) is 0.437. The van der Waals surface area contributed by atoms with E-state index >= 15 is 0 Å². The van der Waals surface area contributed by atoms with Crippen LogP contribution in [0.5, 0.6) is 0 Å². The summed E-state index contributed by atoms with van der Waals surface area (Å²) in [4.78, 5) is 20.8. The molecule has 134 valence electrons. The number of piperidine rings is 1. The number of carbonyl (C=O) groups excluding carboxylic acids is 1. The van der Waals surface area contributed by atoms with Gasteiger partial charge in [0.05, 0.1) is 12.5 Å². The Morgan fingerprint density at radius 2 is 2.22 bits per heavy atom. The molecule has 0 aromatic carbocycles. The highest BCUT2D eigenvalue weighted by molar-refractivity contribution is 5.81. The maximum absolute atomic E-state index is 12.0. The van der Waals surface area contributed by atoms with Gasteiger partial charge in [-0.15, -0.1) is 0 Å². The molecular formula is C17H34N4O2. The van der Waals surface area contributed by atoms with Crippen LogP contribution in [0.4, 0.5) is 0 Å². The lowest BCUT2D eigenvalue weighted by molar-refractivity contribution is -0.149. The van der Waals surface area contributed by atoms with Crippen molar-refractivity contribution in [2.45, 2.75) is 46.1 Å². The highest BCUT2D eigenvalue weighted by atomic mass is 16.5. The standard InChI is InChI=1S/C17H34N4O2/c1-6-14(3)20(5)12-10-19-17(18-4)21-11-8-9-15(13-21)16(22)23-7-2/h14-15H,6-13H2,1-5H3,(H,18,19). The molecule has 0 spiro atoms. The number of hydrogen-bond donors (Lipinski definition) is 1. The normalized spacial score (nSPS) is 20.5. The molecule has 23 heavy (non-hydrogen) atoms. The summed E-state index contributed by atoms with van der Waals surface area (Å²) in [7, 11) is 3.95. The van der Waals surface area contributed by atoms with Gasteiger partial charge in [0.15, 0.2) is 5.96 Å². The third-order valence-corrected chi connectivity index (χ3v) is 4.64. The second kappa shape index (κ2) is 10.5. The molecule has 1 N–H and O–H groups in total. The Morgan fingerprint density at radius 3 is 2.83 bits per heavy atom. The van der Waals surface area contributed by atoms with E-state index in [0.717, 1.165) is 44.9 Å². The first kappa shape index (κ1) is 19.7. The van der Waals surface area contributed by atoms with E-state index in [4.69, 9.17) is 4.74 Å². The average molecular weight is 326 g/mol. The Balaban J connectivity index is 2.46. The van der Waals surface area contributed by atoms with Crippen molar-refractivity contribution < 1.29 is 9.53 Å². The van der Waals surface area contributed by atoms with Crippen molar-refractivity contribution in [1.29, 1.82) is 0 Å². The van der Waals surface area contributed by atoms with E-state index in [0.29, 0.717) is 19.2 Å². The van der Waals surface area contributed by atoms with Gasteiger partial charge < -0.3 is 19.9 Å². The zero-order chi connectivity index (χ0) is 17.2. The molecule has 1 heterocycles. The van der Waals surface area contributed by atoms with Gasteiger partial charge in [0.2, 0.25) is 0 Å². The number of hydrogen-bond acceptors (Lipinski definition) is 4. The van der Waals surface area contributed by atoms with E-state index in [-0.39, 0.29) is 11.9 Å². The molecule has 0 aliphatic carbocycles. The lowest BCUT2D eigenvalue weighted by Crippen LogP contribution is -2.49. The van der Waals surface area contributed by atoms with Gasteiger partial charge in [0.1, 0.15) is 0 Å². The molecule has 2 unspecified atom stereocenters. The molecule has 1 fully saturated rings. The zero-order valence-electron chi connectivity index (χ0n) is 15.5. The molecule has 0 saturated carbocycles. The van der Waals surface area contributed by atoms with Crippen molar-refractivity contribution in [3.63, 3.8) is 0 Å². The van der Waals surface area contributed by atoms with Crippen LogP contribution in [0.1, 0.15) is 40.0 Å². The summed E-state index contributed by atoms with van der Waals surface area (Å²) < 4.78 is 5.16. The predicted molar refractivity (Wildman–Crippen MR) is 94.7 cm³/mol. The van der Waals surface area contributed by atoms with Gasteiger partial charge in [-0.2, -0.15) is 0 Å². The van der Waals surface area contributed by atoms with E-state index in [1.165, 1.54) is 0 Å². The fourth-order valence-electron chi connectivity index (χ4n) is 2.83. The minimum Gasteiger partial charge on any atom is -0.466 e. The Morgan fingerprint density at radius 1 is 1.48 bits per heavy atom. The molecule has 1 aliphatic rings. The van der Waals surface area contributed by atoms with E-state index in [1.54, 1.807) is 7.05 Å². The second-order valence-corrected chi connectivity index (χ2v) is 6.25. The van der Waals surface area contributed by atoms with Gasteiger partial charge in [-0.1, -0.05) is 6.92 Å². The SMILES string of the molecule is CCOC(=O)C1CCCN(C(=NC)NCCN(C)C(C)CC)C1. The lowest BCUT2D eigenvalue weighted by atomic mass is 9.98. The summed E-state index contributed by atoms with van der Waals surface area (Å²) in [5.41, 5.74) is 0. The minimum absolute atomic E-state index is 0.0370. The van der Waals surface area contributed by atoms with Crippen LogP contribution < -0.4 is 5.32 Å². The molecule has 1 saturated heterocycles. The first-order valence-electron chi connectivity index (χ1n) is 8.85. The Hall–Kier alpha value is -1.30. The van der Waals surface area contributed by atoms with E-state index in [9.17, 15) is 4.79 Å². The molecule has 0 aromatic rings. The number of likely N-dealkylation sites (tertiary alicyclic amines) is 1. The predicted octanol–water partition coefficient (Wildman–Crippen LogP) is 1.57. The number of aliphatic imine (C=N–C) groups is 1. The zero-order valence-corrected chi connectivity index (χ0v) is 15.5. The maximum Gasteiger partial charge on any atom is 0.310 e. The number of carbonyl (C=O) groups is 1. The summed E-state index contributed by atoms with van der Waals surface area (Å²) >= 11 is 0. The van der Waals surface area contributed by atoms with Crippen molar-refractivity contribution in [3.05, 3.63) is 0 Å². The lowest BCUT2D eigenvalue weighted by Gasteiger charge is -2.34. The van der Waals surface area contributed by atoms with Gasteiger partial charge >= 0.3 is 5.97 Å². The van der Waals surface area contributed by atoms with E-state index in [1.807, 2.05) is 6.92 Å². The second-order valence-electron chi connectivity index (χ2n) is 6.25. The fraction of sp³-hybridized carbons (Fsp3) is 0.882. The fourth-order valence-corrected chi connectivity index (χ4v) is 2.83. The van der Waals surface area contributed by atoms with Crippen LogP contribution in [0.3, 0.4) is 0 Å². The van der Waals surface area contributed by atoms with Crippen LogP contribution in [-0.2, 0) is 9.53 Å². The number of ether oxygens (including phenoxy) is 1. The van der Waals surface area contributed by atoms with Crippen LogP contribution in [0, 0.1) is 5.92 Å². The first-order valence-corrected chi connectivity index (χ1v) is 8.85. The molecule has 0 aromatic heterocycles. The third-order valence-electron chi connectivity index (χ3n) is 4.64. The number of nitrogens with one attached hydrogen (secondary N) is 1. The molecule has 1 rings (SSSR count). The topological polar surface area (TPSA) is 57.2 Å². The highest BCUT2D eigenvalue weighted by Crippen LogP contribution is 2.18. The number of esters is 1. The molecule has 0 bridgehead atoms. The third kappa shape index (κ3) is 6.37. The summed E-state index contributed by atoms with van der Waals surface area (Å²) in [6, 6.07) is 0.585. The molecular weight excluding hydrogens is 292 g/mol. The van der Waals surface area contributed by atoms with Crippen LogP contribution in [-0.4, -0.2) is 74.7 Å². The first-order chi connectivity index (χ1) is 11.0. The van der Waals surface area contributed by atoms with Crippen molar-refractivity contribution in [2.75, 3.05) is 46.9 Å². The van der Waals surface area contributed by atoms with Crippen LogP contribution in [0.25, 0.3) is 0 Å². The van der Waals surface area contributed by atoms with Gasteiger partial charge in [-0.3, -0.25) is 9.79 Å².